The number of aliphatic carboxylic acids is 1. The zero-order valence-corrected chi connectivity index (χ0v) is 12.9. The van der Waals surface area contributed by atoms with E-state index in [1.54, 1.807) is 6.07 Å². The lowest BCUT2D eigenvalue weighted by atomic mass is 9.80. The molecule has 132 valence electrons. The molecule has 1 heterocycles. The summed E-state index contributed by atoms with van der Waals surface area (Å²) in [5.74, 6) is -1.42. The van der Waals surface area contributed by atoms with E-state index in [1.165, 1.54) is 12.1 Å². The van der Waals surface area contributed by atoms with Gasteiger partial charge in [0.25, 0.3) is 0 Å². The Balaban J connectivity index is 1.50. The van der Waals surface area contributed by atoms with E-state index in [2.05, 4.69) is 14.8 Å². The molecule has 24 heavy (non-hydrogen) atoms. The highest BCUT2D eigenvalue weighted by atomic mass is 19.3. The number of fused-ring (bicyclic) bond motifs is 1. The molecule has 0 bridgehead atoms. The van der Waals surface area contributed by atoms with Gasteiger partial charge in [-0.25, -0.2) is 4.39 Å². The molecule has 5 nitrogen and oxygen atoms in total. The number of hydrogen-bond donors (Lipinski definition) is 2. The molecule has 0 saturated heterocycles. The molecule has 0 unspecified atom stereocenters. The normalized spacial score (nSPS) is 27.9. The van der Waals surface area contributed by atoms with Crippen molar-refractivity contribution in [1.29, 1.82) is 0 Å². The van der Waals surface area contributed by atoms with Crippen molar-refractivity contribution in [3.63, 3.8) is 0 Å². The number of carboxylic acid groups (broad SMARTS) is 1. The fourth-order valence-corrected chi connectivity index (χ4v) is 3.09. The summed E-state index contributed by atoms with van der Waals surface area (Å²) in [5, 5.41) is 11.9. The Morgan fingerprint density at radius 1 is 1.21 bits per heavy atom. The Bertz CT molecular complexity index is 630. The number of hydrogen-bond acceptors (Lipinski definition) is 4. The minimum Gasteiger partial charge on any atom is -0.481 e. The Hall–Kier alpha value is -1.96. The van der Waals surface area contributed by atoms with Crippen LogP contribution in [0.4, 0.5) is 13.2 Å². The molecular weight excluding hydrogens is 327 g/mol. The van der Waals surface area contributed by atoms with Gasteiger partial charge in [0.05, 0.1) is 5.92 Å². The third-order valence-electron chi connectivity index (χ3n) is 4.47. The van der Waals surface area contributed by atoms with Gasteiger partial charge in [-0.05, 0) is 43.4 Å². The molecule has 1 aliphatic carbocycles. The first kappa shape index (κ1) is 16.9. The summed E-state index contributed by atoms with van der Waals surface area (Å²) in [7, 11) is 0. The van der Waals surface area contributed by atoms with Crippen molar-refractivity contribution in [3.05, 3.63) is 23.8 Å². The lowest BCUT2D eigenvalue weighted by molar-refractivity contribution is -0.286. The Labute approximate surface area is 136 Å². The van der Waals surface area contributed by atoms with Crippen LogP contribution in [0.2, 0.25) is 0 Å². The minimum atomic E-state index is -3.65. The molecular formula is C16H18F3NO4. The second kappa shape index (κ2) is 6.16. The topological polar surface area (TPSA) is 67.8 Å². The molecule has 3 rings (SSSR count). The molecule has 0 radical (unpaired) electrons. The van der Waals surface area contributed by atoms with E-state index in [4.69, 9.17) is 5.11 Å². The van der Waals surface area contributed by atoms with Gasteiger partial charge in [-0.1, -0.05) is 6.07 Å². The van der Waals surface area contributed by atoms with Gasteiger partial charge in [0.1, 0.15) is 5.67 Å². The first-order valence-corrected chi connectivity index (χ1v) is 7.78. The molecule has 0 spiro atoms. The molecule has 0 aromatic heterocycles. The van der Waals surface area contributed by atoms with Crippen molar-refractivity contribution in [2.45, 2.75) is 44.2 Å². The standard InChI is InChI=1S/C16H18F3NO4/c17-15(5-3-11(4-6-15)14(21)22)9-20-8-10-1-2-12-13(7-10)24-16(18,19)23-12/h1-2,7,11,20H,3-6,8-9H2,(H,21,22). The average molecular weight is 345 g/mol. The molecule has 1 aliphatic heterocycles. The van der Waals surface area contributed by atoms with Crippen LogP contribution in [0.5, 0.6) is 11.5 Å². The highest BCUT2D eigenvalue weighted by molar-refractivity contribution is 5.70. The molecule has 1 aromatic rings. The summed E-state index contributed by atoms with van der Waals surface area (Å²) in [4.78, 5) is 10.9. The van der Waals surface area contributed by atoms with Gasteiger partial charge in [-0.15, -0.1) is 8.78 Å². The molecule has 8 heteroatoms. The van der Waals surface area contributed by atoms with Crippen molar-refractivity contribution < 1.29 is 32.5 Å². The van der Waals surface area contributed by atoms with Gasteiger partial charge in [0, 0.05) is 13.1 Å². The molecule has 0 amide bonds. The van der Waals surface area contributed by atoms with Gasteiger partial charge in [0.2, 0.25) is 0 Å². The Morgan fingerprint density at radius 3 is 2.54 bits per heavy atom. The van der Waals surface area contributed by atoms with Crippen LogP contribution in [0.15, 0.2) is 18.2 Å². The molecule has 1 fully saturated rings. The Morgan fingerprint density at radius 2 is 1.88 bits per heavy atom. The fourth-order valence-electron chi connectivity index (χ4n) is 3.09. The fraction of sp³-hybridized carbons (Fsp3) is 0.562. The zero-order chi connectivity index (χ0) is 17.4. The second-order valence-corrected chi connectivity index (χ2v) is 6.32. The van der Waals surface area contributed by atoms with Crippen molar-refractivity contribution in [2.75, 3.05) is 6.54 Å². The first-order chi connectivity index (χ1) is 11.3. The minimum absolute atomic E-state index is 0.0299. The van der Waals surface area contributed by atoms with Crippen LogP contribution < -0.4 is 14.8 Å². The lowest BCUT2D eigenvalue weighted by Gasteiger charge is -2.32. The lowest BCUT2D eigenvalue weighted by Crippen LogP contribution is -2.40. The third-order valence-corrected chi connectivity index (χ3v) is 4.47. The smallest absolute Gasteiger partial charge is 0.481 e. The van der Waals surface area contributed by atoms with Crippen LogP contribution in [-0.4, -0.2) is 29.6 Å². The van der Waals surface area contributed by atoms with Crippen molar-refractivity contribution >= 4 is 5.97 Å². The zero-order valence-electron chi connectivity index (χ0n) is 12.9. The summed E-state index contributed by atoms with van der Waals surface area (Å²) >= 11 is 0. The highest BCUT2D eigenvalue weighted by Gasteiger charge is 2.43. The van der Waals surface area contributed by atoms with Gasteiger partial charge in [0.15, 0.2) is 11.5 Å². The quantitative estimate of drug-likeness (QED) is 0.858. The van der Waals surface area contributed by atoms with Crippen LogP contribution in [-0.2, 0) is 11.3 Å². The average Bonchev–Trinajstić information content (AvgIpc) is 2.80. The molecule has 0 atom stereocenters. The van der Waals surface area contributed by atoms with Crippen molar-refractivity contribution in [3.8, 4) is 11.5 Å². The van der Waals surface area contributed by atoms with E-state index < -0.39 is 23.9 Å². The summed E-state index contributed by atoms with van der Waals surface area (Å²) in [5.41, 5.74) is -0.771. The van der Waals surface area contributed by atoms with E-state index in [-0.39, 0.29) is 37.4 Å². The molecule has 2 aliphatic rings. The van der Waals surface area contributed by atoms with Crippen molar-refractivity contribution in [1.82, 2.24) is 5.32 Å². The van der Waals surface area contributed by atoms with E-state index in [1.807, 2.05) is 0 Å². The highest BCUT2D eigenvalue weighted by Crippen LogP contribution is 2.41. The van der Waals surface area contributed by atoms with Gasteiger partial charge in [-0.3, -0.25) is 4.79 Å². The van der Waals surface area contributed by atoms with Crippen LogP contribution in [0, 0.1) is 5.92 Å². The molecule has 1 aromatic carbocycles. The predicted molar refractivity (Wildman–Crippen MR) is 77.8 cm³/mol. The number of benzene rings is 1. The third kappa shape index (κ3) is 3.75. The molecule has 1 saturated carbocycles. The Kier molecular flexibility index (Phi) is 4.33. The number of nitrogens with one attached hydrogen (secondary N) is 1. The SMILES string of the molecule is O=C(O)C1CCC(F)(CNCc2ccc3c(c2)OC(F)(F)O3)CC1. The predicted octanol–water partition coefficient (Wildman–Crippen LogP) is 3.08. The van der Waals surface area contributed by atoms with Crippen LogP contribution in [0.1, 0.15) is 31.2 Å². The van der Waals surface area contributed by atoms with Crippen LogP contribution in [0.3, 0.4) is 0 Å². The molecule has 2 N–H and O–H groups in total. The van der Waals surface area contributed by atoms with E-state index in [0.29, 0.717) is 18.4 Å². The summed E-state index contributed by atoms with van der Waals surface area (Å²) in [6.07, 6.45) is -2.60. The van der Waals surface area contributed by atoms with Gasteiger partial charge in [-0.2, -0.15) is 0 Å². The number of rotatable bonds is 5. The number of ether oxygens (including phenoxy) is 2. The maximum atomic E-state index is 14.6. The van der Waals surface area contributed by atoms with Gasteiger partial charge < -0.3 is 19.9 Å². The number of halogens is 3. The summed E-state index contributed by atoms with van der Waals surface area (Å²) in [6, 6.07) is 4.41. The summed E-state index contributed by atoms with van der Waals surface area (Å²) in [6.45, 7) is 0.375. The van der Waals surface area contributed by atoms with E-state index in [0.717, 1.165) is 0 Å². The maximum Gasteiger partial charge on any atom is 0.586 e. The number of carboxylic acids is 1. The van der Waals surface area contributed by atoms with Crippen LogP contribution in [0.25, 0.3) is 0 Å². The maximum absolute atomic E-state index is 14.6. The summed E-state index contributed by atoms with van der Waals surface area (Å²) < 4.78 is 49.2. The monoisotopic (exact) mass is 345 g/mol. The number of alkyl halides is 3. The largest absolute Gasteiger partial charge is 0.586 e. The first-order valence-electron chi connectivity index (χ1n) is 7.78. The van der Waals surface area contributed by atoms with E-state index in [9.17, 15) is 18.0 Å². The van der Waals surface area contributed by atoms with Crippen molar-refractivity contribution in [2.24, 2.45) is 5.92 Å². The second-order valence-electron chi connectivity index (χ2n) is 6.32. The van der Waals surface area contributed by atoms with E-state index >= 15 is 0 Å². The number of carbonyl (C=O) groups is 1. The van der Waals surface area contributed by atoms with Crippen LogP contribution >= 0.6 is 0 Å². The van der Waals surface area contributed by atoms with Gasteiger partial charge >= 0.3 is 12.3 Å².